The van der Waals surface area contributed by atoms with Crippen LogP contribution in [0.2, 0.25) is 5.02 Å². The Morgan fingerprint density at radius 3 is 2.36 bits per heavy atom. The number of nitrogens with one attached hydrogen (secondary N) is 2. The van der Waals surface area contributed by atoms with Crippen molar-refractivity contribution in [1.29, 1.82) is 0 Å². The summed E-state index contributed by atoms with van der Waals surface area (Å²) >= 11 is 6.12. The molecule has 28 heavy (non-hydrogen) atoms. The topological polar surface area (TPSA) is 103 Å². The first kappa shape index (κ1) is 21.0. The highest BCUT2D eigenvalue weighted by Gasteiger charge is 2.16. The molecule has 0 unspecified atom stereocenters. The molecule has 2 rings (SSSR count). The molecule has 2 N–H and O–H groups in total. The number of ether oxygens (including phenoxy) is 3. The van der Waals surface area contributed by atoms with Crippen molar-refractivity contribution in [2.24, 2.45) is 0 Å². The Morgan fingerprint density at radius 2 is 1.71 bits per heavy atom. The van der Waals surface area contributed by atoms with E-state index in [0.717, 1.165) is 0 Å². The van der Waals surface area contributed by atoms with Crippen molar-refractivity contribution in [2.75, 3.05) is 33.2 Å². The van der Waals surface area contributed by atoms with Crippen molar-refractivity contribution < 1.29 is 28.6 Å². The van der Waals surface area contributed by atoms with Gasteiger partial charge in [0, 0.05) is 16.8 Å². The molecular weight excluding hydrogens is 388 g/mol. The molecule has 0 aliphatic carbocycles. The largest absolute Gasteiger partial charge is 0.493 e. The summed E-state index contributed by atoms with van der Waals surface area (Å²) in [4.78, 5) is 35.8. The lowest BCUT2D eigenvalue weighted by molar-refractivity contribution is -0.139. The maximum Gasteiger partial charge on any atom is 0.325 e. The molecule has 148 valence electrons. The predicted molar refractivity (Wildman–Crippen MR) is 103 cm³/mol. The zero-order valence-electron chi connectivity index (χ0n) is 15.5. The fraction of sp³-hybridized carbons (Fsp3) is 0.211. The van der Waals surface area contributed by atoms with E-state index in [2.05, 4.69) is 15.4 Å². The minimum atomic E-state index is -0.567. The van der Waals surface area contributed by atoms with Crippen molar-refractivity contribution in [3.8, 4) is 11.5 Å². The first-order valence-corrected chi connectivity index (χ1v) is 8.45. The molecule has 0 aliphatic rings. The number of amides is 2. The van der Waals surface area contributed by atoms with E-state index in [1.165, 1.54) is 39.5 Å². The van der Waals surface area contributed by atoms with Crippen molar-refractivity contribution in [3.05, 3.63) is 52.5 Å². The SMILES string of the molecule is COC(=O)CNC(=O)c1cccc(NC(=O)c2cc(Cl)c(OC)c(OC)c2)c1. The lowest BCUT2D eigenvalue weighted by atomic mass is 10.1. The highest BCUT2D eigenvalue weighted by atomic mass is 35.5. The third-order valence-electron chi connectivity index (χ3n) is 3.70. The second-order valence-electron chi connectivity index (χ2n) is 5.49. The number of hydrogen-bond donors (Lipinski definition) is 2. The third kappa shape index (κ3) is 5.14. The van der Waals surface area contributed by atoms with Gasteiger partial charge in [-0.2, -0.15) is 0 Å². The van der Waals surface area contributed by atoms with Crippen LogP contribution in [-0.4, -0.2) is 45.7 Å². The van der Waals surface area contributed by atoms with Crippen molar-refractivity contribution in [1.82, 2.24) is 5.32 Å². The van der Waals surface area contributed by atoms with Gasteiger partial charge in [0.15, 0.2) is 11.5 Å². The Labute approximate surface area is 166 Å². The van der Waals surface area contributed by atoms with Gasteiger partial charge in [-0.05, 0) is 30.3 Å². The molecule has 0 radical (unpaired) electrons. The molecule has 0 atom stereocenters. The zero-order valence-corrected chi connectivity index (χ0v) is 16.3. The summed E-state index contributed by atoms with van der Waals surface area (Å²) in [6, 6.07) is 9.20. The predicted octanol–water partition coefficient (Wildman–Crippen LogP) is 2.51. The van der Waals surface area contributed by atoms with E-state index in [-0.39, 0.29) is 22.7 Å². The molecule has 2 aromatic rings. The van der Waals surface area contributed by atoms with Crippen LogP contribution in [0.4, 0.5) is 5.69 Å². The number of halogens is 1. The molecule has 0 fully saturated rings. The quantitative estimate of drug-likeness (QED) is 0.685. The van der Waals surface area contributed by atoms with Crippen LogP contribution in [0.5, 0.6) is 11.5 Å². The van der Waals surface area contributed by atoms with Crippen LogP contribution in [0.25, 0.3) is 0 Å². The maximum absolute atomic E-state index is 12.5. The molecule has 0 saturated carbocycles. The standard InChI is InChI=1S/C19H19ClN2O6/c1-26-15-9-12(8-14(20)17(15)28-3)19(25)22-13-6-4-5-11(7-13)18(24)21-10-16(23)27-2/h4-9H,10H2,1-3H3,(H,21,24)(H,22,25). The Kier molecular flexibility index (Phi) is 7.22. The Bertz CT molecular complexity index is 900. The van der Waals surface area contributed by atoms with Crippen molar-refractivity contribution >= 4 is 35.1 Å². The Morgan fingerprint density at radius 1 is 0.964 bits per heavy atom. The van der Waals surface area contributed by atoms with E-state index in [0.29, 0.717) is 17.2 Å². The van der Waals surface area contributed by atoms with E-state index >= 15 is 0 Å². The maximum atomic E-state index is 12.5. The number of methoxy groups -OCH3 is 3. The van der Waals surface area contributed by atoms with Crippen LogP contribution in [0, 0.1) is 0 Å². The molecule has 2 amide bonds. The number of hydrogen-bond acceptors (Lipinski definition) is 6. The molecule has 0 aromatic heterocycles. The third-order valence-corrected chi connectivity index (χ3v) is 3.98. The van der Waals surface area contributed by atoms with Gasteiger partial charge >= 0.3 is 5.97 Å². The molecule has 2 aromatic carbocycles. The number of esters is 1. The van der Waals surface area contributed by atoms with Crippen LogP contribution in [0.3, 0.4) is 0 Å². The minimum Gasteiger partial charge on any atom is -0.493 e. The average Bonchev–Trinajstić information content (AvgIpc) is 2.71. The number of anilines is 1. The number of carbonyl (C=O) groups excluding carboxylic acids is 3. The van der Waals surface area contributed by atoms with Gasteiger partial charge in [0.2, 0.25) is 0 Å². The fourth-order valence-electron chi connectivity index (χ4n) is 2.32. The molecule has 0 saturated heterocycles. The smallest absolute Gasteiger partial charge is 0.325 e. The molecule has 9 heteroatoms. The second kappa shape index (κ2) is 9.61. The van der Waals surface area contributed by atoms with Gasteiger partial charge in [0.05, 0.1) is 26.4 Å². The summed E-state index contributed by atoms with van der Waals surface area (Å²) in [5, 5.41) is 5.33. The summed E-state index contributed by atoms with van der Waals surface area (Å²) in [5.74, 6) is -0.852. The van der Waals surface area contributed by atoms with E-state index in [4.69, 9.17) is 21.1 Å². The normalized spacial score (nSPS) is 10.0. The molecule has 0 spiro atoms. The molecule has 8 nitrogen and oxygen atoms in total. The average molecular weight is 407 g/mol. The van der Waals surface area contributed by atoms with Crippen molar-refractivity contribution in [3.63, 3.8) is 0 Å². The minimum absolute atomic E-state index is 0.225. The van der Waals surface area contributed by atoms with Crippen LogP contribution >= 0.6 is 11.6 Å². The lowest BCUT2D eigenvalue weighted by Crippen LogP contribution is -2.30. The fourth-order valence-corrected chi connectivity index (χ4v) is 2.60. The van der Waals surface area contributed by atoms with Gasteiger partial charge in [0.1, 0.15) is 6.54 Å². The molecule has 0 aliphatic heterocycles. The van der Waals surface area contributed by atoms with Gasteiger partial charge in [-0.25, -0.2) is 0 Å². The summed E-state index contributed by atoms with van der Waals surface area (Å²) in [5.41, 5.74) is 0.914. The van der Waals surface area contributed by atoms with Gasteiger partial charge in [-0.3, -0.25) is 14.4 Å². The summed E-state index contributed by atoms with van der Waals surface area (Å²) < 4.78 is 14.8. The Hall–Kier alpha value is -3.26. The highest BCUT2D eigenvalue weighted by Crippen LogP contribution is 2.36. The van der Waals surface area contributed by atoms with Crippen LogP contribution < -0.4 is 20.1 Å². The van der Waals surface area contributed by atoms with Gasteiger partial charge in [-0.1, -0.05) is 17.7 Å². The lowest BCUT2D eigenvalue weighted by Gasteiger charge is -2.12. The van der Waals surface area contributed by atoms with Crippen LogP contribution in [0.15, 0.2) is 36.4 Å². The second-order valence-corrected chi connectivity index (χ2v) is 5.89. The van der Waals surface area contributed by atoms with Gasteiger partial charge in [-0.15, -0.1) is 0 Å². The van der Waals surface area contributed by atoms with E-state index in [1.807, 2.05) is 0 Å². The van der Waals surface area contributed by atoms with Crippen LogP contribution in [-0.2, 0) is 9.53 Å². The molecule has 0 heterocycles. The summed E-state index contributed by atoms with van der Waals surface area (Å²) in [6.45, 7) is -0.254. The van der Waals surface area contributed by atoms with E-state index < -0.39 is 17.8 Å². The molecular formula is C19H19ClN2O6. The van der Waals surface area contributed by atoms with Gasteiger partial charge < -0.3 is 24.8 Å². The van der Waals surface area contributed by atoms with E-state index in [1.54, 1.807) is 18.2 Å². The number of carbonyl (C=O) groups is 3. The van der Waals surface area contributed by atoms with Crippen molar-refractivity contribution in [2.45, 2.75) is 0 Å². The van der Waals surface area contributed by atoms with E-state index in [9.17, 15) is 14.4 Å². The molecule has 0 bridgehead atoms. The number of rotatable bonds is 7. The zero-order chi connectivity index (χ0) is 20.7. The summed E-state index contributed by atoms with van der Waals surface area (Å²) in [7, 11) is 4.11. The first-order chi connectivity index (χ1) is 13.4. The monoisotopic (exact) mass is 406 g/mol. The number of benzene rings is 2. The first-order valence-electron chi connectivity index (χ1n) is 8.07. The highest BCUT2D eigenvalue weighted by molar-refractivity contribution is 6.32. The van der Waals surface area contributed by atoms with Gasteiger partial charge in [0.25, 0.3) is 11.8 Å². The Balaban J connectivity index is 2.15. The van der Waals surface area contributed by atoms with Crippen LogP contribution in [0.1, 0.15) is 20.7 Å². The summed E-state index contributed by atoms with van der Waals surface area (Å²) in [6.07, 6.45) is 0.